The number of rotatable bonds is 4. The summed E-state index contributed by atoms with van der Waals surface area (Å²) in [7, 11) is 0. The predicted octanol–water partition coefficient (Wildman–Crippen LogP) is 0.876. The summed E-state index contributed by atoms with van der Waals surface area (Å²) in [5, 5.41) is 13.6. The molecule has 0 amide bonds. The summed E-state index contributed by atoms with van der Waals surface area (Å²) in [6.45, 7) is 1.92. The van der Waals surface area contributed by atoms with Gasteiger partial charge in [-0.3, -0.25) is 10.1 Å². The molecule has 0 fully saturated rings. The fraction of sp³-hybridized carbons (Fsp3) is 0.222. The number of aryl methyl sites for hydroxylation is 1. The molecule has 3 N–H and O–H groups in total. The Morgan fingerprint density at radius 1 is 1.50 bits per heavy atom. The van der Waals surface area contributed by atoms with E-state index < -0.39 is 4.92 Å². The number of nitrogens with zero attached hydrogens (tertiary/aromatic N) is 4. The first-order valence-electron chi connectivity index (χ1n) is 4.98. The molecule has 0 aliphatic carbocycles. The van der Waals surface area contributed by atoms with Crippen LogP contribution in [0.4, 0.5) is 17.3 Å². The molecule has 9 heteroatoms. The zero-order valence-electron chi connectivity index (χ0n) is 9.45. The van der Waals surface area contributed by atoms with Crippen LogP contribution in [0.25, 0.3) is 0 Å². The number of nitrogens with one attached hydrogen (secondary N) is 1. The van der Waals surface area contributed by atoms with Gasteiger partial charge in [-0.15, -0.1) is 0 Å². The number of hydrogen-bond donors (Lipinski definition) is 2. The van der Waals surface area contributed by atoms with E-state index >= 15 is 0 Å². The molecule has 2 aromatic rings. The number of oxazole rings is 1. The molecule has 18 heavy (non-hydrogen) atoms. The van der Waals surface area contributed by atoms with Crippen molar-refractivity contribution in [3.05, 3.63) is 34.3 Å². The lowest BCUT2D eigenvalue weighted by Crippen LogP contribution is -2.08. The van der Waals surface area contributed by atoms with Gasteiger partial charge in [0, 0.05) is 0 Å². The van der Waals surface area contributed by atoms with Crippen molar-refractivity contribution in [2.75, 3.05) is 11.1 Å². The van der Waals surface area contributed by atoms with E-state index in [4.69, 9.17) is 10.2 Å². The van der Waals surface area contributed by atoms with Crippen LogP contribution in [0.2, 0.25) is 0 Å². The van der Waals surface area contributed by atoms with Crippen molar-refractivity contribution in [3.8, 4) is 0 Å². The van der Waals surface area contributed by atoms with E-state index in [0.717, 1.165) is 6.33 Å². The first-order valence-corrected chi connectivity index (χ1v) is 4.98. The molecule has 0 unspecified atom stereocenters. The van der Waals surface area contributed by atoms with Gasteiger partial charge in [-0.05, 0) is 6.92 Å². The van der Waals surface area contributed by atoms with Crippen LogP contribution in [0, 0.1) is 17.0 Å². The highest BCUT2D eigenvalue weighted by Gasteiger charge is 2.20. The number of anilines is 2. The number of nitrogens with two attached hydrogens (primary N) is 1. The van der Waals surface area contributed by atoms with Gasteiger partial charge in [0.25, 0.3) is 0 Å². The average molecular weight is 250 g/mol. The monoisotopic (exact) mass is 250 g/mol. The topological polar surface area (TPSA) is 133 Å². The molecule has 0 saturated heterocycles. The van der Waals surface area contributed by atoms with Gasteiger partial charge in [0.1, 0.15) is 12.1 Å². The Kier molecular flexibility index (Phi) is 3.04. The Balaban J connectivity index is 2.19. The molecule has 0 spiro atoms. The minimum atomic E-state index is -0.640. The normalized spacial score (nSPS) is 10.3. The van der Waals surface area contributed by atoms with Gasteiger partial charge in [0.05, 0.1) is 17.7 Å². The van der Waals surface area contributed by atoms with Crippen LogP contribution < -0.4 is 11.1 Å². The second-order valence-corrected chi connectivity index (χ2v) is 3.43. The van der Waals surface area contributed by atoms with E-state index in [1.54, 1.807) is 13.1 Å². The number of nitro groups is 1. The molecular weight excluding hydrogens is 240 g/mol. The highest BCUT2D eigenvalue weighted by molar-refractivity contribution is 5.67. The third kappa shape index (κ3) is 2.34. The molecule has 0 aliphatic rings. The molecule has 0 radical (unpaired) electrons. The third-order valence-electron chi connectivity index (χ3n) is 2.11. The minimum absolute atomic E-state index is 0.0309. The van der Waals surface area contributed by atoms with E-state index in [0.29, 0.717) is 11.7 Å². The molecule has 9 nitrogen and oxygen atoms in total. The van der Waals surface area contributed by atoms with Crippen LogP contribution in [-0.2, 0) is 6.54 Å². The van der Waals surface area contributed by atoms with E-state index in [-0.39, 0.29) is 23.9 Å². The van der Waals surface area contributed by atoms with Gasteiger partial charge in [0.15, 0.2) is 0 Å². The van der Waals surface area contributed by atoms with E-state index in [9.17, 15) is 10.1 Å². The van der Waals surface area contributed by atoms with E-state index in [2.05, 4.69) is 20.3 Å². The van der Waals surface area contributed by atoms with Crippen LogP contribution in [0.1, 0.15) is 11.7 Å². The maximum Gasteiger partial charge on any atom is 0.352 e. The molecule has 2 rings (SSSR count). The molecule has 2 heterocycles. The van der Waals surface area contributed by atoms with Crippen molar-refractivity contribution in [2.45, 2.75) is 13.5 Å². The minimum Gasteiger partial charge on any atom is -0.444 e. The first kappa shape index (κ1) is 11.8. The quantitative estimate of drug-likeness (QED) is 0.603. The summed E-state index contributed by atoms with van der Waals surface area (Å²) in [6, 6.07) is 0. The number of hydrogen-bond acceptors (Lipinski definition) is 8. The van der Waals surface area contributed by atoms with Crippen molar-refractivity contribution in [3.63, 3.8) is 0 Å². The third-order valence-corrected chi connectivity index (χ3v) is 2.11. The van der Waals surface area contributed by atoms with Crippen LogP contribution in [0.5, 0.6) is 0 Å². The van der Waals surface area contributed by atoms with Gasteiger partial charge in [-0.1, -0.05) is 0 Å². The van der Waals surface area contributed by atoms with Gasteiger partial charge < -0.3 is 15.5 Å². The van der Waals surface area contributed by atoms with Crippen LogP contribution in [0.15, 0.2) is 16.9 Å². The van der Waals surface area contributed by atoms with Gasteiger partial charge in [0.2, 0.25) is 17.5 Å². The van der Waals surface area contributed by atoms with E-state index in [1.807, 2.05) is 0 Å². The lowest BCUT2D eigenvalue weighted by atomic mass is 10.4. The molecule has 0 bridgehead atoms. The van der Waals surface area contributed by atoms with Crippen molar-refractivity contribution in [1.29, 1.82) is 0 Å². The Morgan fingerprint density at radius 2 is 2.28 bits per heavy atom. The molecule has 2 aromatic heterocycles. The van der Waals surface area contributed by atoms with Crippen LogP contribution >= 0.6 is 0 Å². The number of aromatic nitrogens is 3. The summed E-state index contributed by atoms with van der Waals surface area (Å²) in [4.78, 5) is 21.5. The molecular formula is C9H10N6O3. The molecule has 0 aromatic carbocycles. The average Bonchev–Trinajstić information content (AvgIpc) is 2.72. The highest BCUT2D eigenvalue weighted by Crippen LogP contribution is 2.26. The second kappa shape index (κ2) is 4.65. The Bertz CT molecular complexity index is 581. The zero-order chi connectivity index (χ0) is 13.1. The lowest BCUT2D eigenvalue weighted by Gasteiger charge is -2.04. The van der Waals surface area contributed by atoms with Crippen molar-refractivity contribution in [1.82, 2.24) is 15.0 Å². The fourth-order valence-electron chi connectivity index (χ4n) is 1.34. The largest absolute Gasteiger partial charge is 0.444 e. The summed E-state index contributed by atoms with van der Waals surface area (Å²) >= 11 is 0. The van der Waals surface area contributed by atoms with Crippen LogP contribution in [0.3, 0.4) is 0 Å². The number of nitrogen functional groups attached to an aromatic ring is 1. The Morgan fingerprint density at radius 3 is 2.89 bits per heavy atom. The smallest absolute Gasteiger partial charge is 0.352 e. The Labute approximate surface area is 101 Å². The fourth-order valence-corrected chi connectivity index (χ4v) is 1.34. The predicted molar refractivity (Wildman–Crippen MR) is 61.7 cm³/mol. The maximum absolute atomic E-state index is 10.8. The van der Waals surface area contributed by atoms with Crippen molar-refractivity contribution >= 4 is 17.3 Å². The molecule has 0 saturated carbocycles. The van der Waals surface area contributed by atoms with Crippen molar-refractivity contribution < 1.29 is 9.34 Å². The molecule has 0 aliphatic heterocycles. The summed E-state index contributed by atoms with van der Waals surface area (Å²) in [5.74, 6) is 0.895. The SMILES string of the molecule is Cc1cnc(CNc2ncnc(N)c2[N+](=O)[O-])o1. The highest BCUT2D eigenvalue weighted by atomic mass is 16.6. The van der Waals surface area contributed by atoms with Gasteiger partial charge in [-0.25, -0.2) is 15.0 Å². The lowest BCUT2D eigenvalue weighted by molar-refractivity contribution is -0.383. The summed E-state index contributed by atoms with van der Waals surface area (Å²) in [5.41, 5.74) is 5.06. The maximum atomic E-state index is 10.8. The standard InChI is InChI=1S/C9H10N6O3/c1-5-2-11-6(18-5)3-12-9-7(15(16)17)8(10)13-4-14-9/h2,4H,3H2,1H3,(H3,10,12,13,14). The zero-order valence-corrected chi connectivity index (χ0v) is 9.45. The molecule has 0 atom stereocenters. The molecule has 94 valence electrons. The van der Waals surface area contributed by atoms with Gasteiger partial charge >= 0.3 is 5.69 Å². The van der Waals surface area contributed by atoms with Gasteiger partial charge in [-0.2, -0.15) is 0 Å². The summed E-state index contributed by atoms with van der Waals surface area (Å²) in [6.07, 6.45) is 2.70. The summed E-state index contributed by atoms with van der Waals surface area (Å²) < 4.78 is 5.22. The first-order chi connectivity index (χ1) is 8.58. The van der Waals surface area contributed by atoms with Crippen LogP contribution in [-0.4, -0.2) is 19.9 Å². The second-order valence-electron chi connectivity index (χ2n) is 3.43. The Hall–Kier alpha value is -2.71. The van der Waals surface area contributed by atoms with Crippen molar-refractivity contribution in [2.24, 2.45) is 0 Å². The van der Waals surface area contributed by atoms with E-state index in [1.165, 1.54) is 0 Å².